The van der Waals surface area contributed by atoms with E-state index in [0.29, 0.717) is 23.2 Å². The summed E-state index contributed by atoms with van der Waals surface area (Å²) < 4.78 is 1.85. The molecule has 1 fully saturated rings. The Morgan fingerprint density at radius 3 is 2.70 bits per heavy atom. The molecule has 0 unspecified atom stereocenters. The maximum absolute atomic E-state index is 13.1. The molecule has 0 aromatic carbocycles. The highest BCUT2D eigenvalue weighted by Gasteiger charge is 2.38. The molecule has 3 atom stereocenters. The first-order valence-corrected chi connectivity index (χ1v) is 8.40. The van der Waals surface area contributed by atoms with Crippen molar-refractivity contribution in [2.75, 3.05) is 6.54 Å². The molecule has 1 saturated carbocycles. The van der Waals surface area contributed by atoms with Gasteiger partial charge in [0, 0.05) is 37.4 Å². The lowest BCUT2D eigenvalue weighted by atomic mass is 9.92. The van der Waals surface area contributed by atoms with E-state index in [1.54, 1.807) is 12.4 Å². The van der Waals surface area contributed by atoms with E-state index in [0.717, 1.165) is 12.5 Å². The molecule has 2 aliphatic rings. The summed E-state index contributed by atoms with van der Waals surface area (Å²) in [5, 5.41) is 0. The first kappa shape index (κ1) is 14.4. The number of hydrogen-bond donors (Lipinski definition) is 0. The summed E-state index contributed by atoms with van der Waals surface area (Å²) in [6.07, 6.45) is 14.2. The highest BCUT2D eigenvalue weighted by atomic mass is 16.2. The predicted molar refractivity (Wildman–Crippen MR) is 88.0 cm³/mol. The average molecular weight is 310 g/mol. The SMILES string of the molecule is CC(C)N(C[C@@H]1C[C@@H]2C=C[C@@H]1C2)C(=O)c1nccn2ccnc12. The molecule has 4 rings (SSSR count). The number of aromatic nitrogens is 3. The van der Waals surface area contributed by atoms with E-state index in [-0.39, 0.29) is 11.9 Å². The van der Waals surface area contributed by atoms with Crippen LogP contribution >= 0.6 is 0 Å². The third-order valence-electron chi connectivity index (χ3n) is 5.25. The van der Waals surface area contributed by atoms with Gasteiger partial charge < -0.3 is 9.30 Å². The van der Waals surface area contributed by atoms with Gasteiger partial charge in [-0.25, -0.2) is 9.97 Å². The van der Waals surface area contributed by atoms with Crippen LogP contribution in [0.1, 0.15) is 37.2 Å². The summed E-state index contributed by atoms with van der Waals surface area (Å²) in [7, 11) is 0. The molecule has 1 amide bonds. The smallest absolute Gasteiger partial charge is 0.276 e. The van der Waals surface area contributed by atoms with E-state index in [4.69, 9.17) is 0 Å². The van der Waals surface area contributed by atoms with Gasteiger partial charge in [-0.05, 0) is 44.4 Å². The molecule has 0 aliphatic heterocycles. The van der Waals surface area contributed by atoms with Crippen LogP contribution in [-0.2, 0) is 0 Å². The third-order valence-corrected chi connectivity index (χ3v) is 5.25. The molecule has 2 heterocycles. The minimum Gasteiger partial charge on any atom is -0.334 e. The molecule has 0 spiro atoms. The number of amides is 1. The predicted octanol–water partition coefficient (Wildman–Crippen LogP) is 2.79. The molecule has 2 aromatic rings. The van der Waals surface area contributed by atoms with Crippen molar-refractivity contribution in [1.82, 2.24) is 19.3 Å². The highest BCUT2D eigenvalue weighted by molar-refractivity contribution is 5.97. The second kappa shape index (κ2) is 5.48. The van der Waals surface area contributed by atoms with E-state index >= 15 is 0 Å². The van der Waals surface area contributed by atoms with Gasteiger partial charge in [0.15, 0.2) is 11.3 Å². The van der Waals surface area contributed by atoms with E-state index in [9.17, 15) is 4.79 Å². The van der Waals surface area contributed by atoms with Gasteiger partial charge in [-0.15, -0.1) is 0 Å². The fourth-order valence-corrected chi connectivity index (χ4v) is 4.03. The minimum absolute atomic E-state index is 0.0106. The van der Waals surface area contributed by atoms with Crippen LogP contribution in [0.15, 0.2) is 36.9 Å². The Kier molecular flexibility index (Phi) is 3.43. The lowest BCUT2D eigenvalue weighted by molar-refractivity contribution is 0.0656. The summed E-state index contributed by atoms with van der Waals surface area (Å²) in [6.45, 7) is 4.96. The molecule has 0 radical (unpaired) electrons. The van der Waals surface area contributed by atoms with Crippen LogP contribution < -0.4 is 0 Å². The molecular formula is C18H22N4O. The molecule has 23 heavy (non-hydrogen) atoms. The number of carbonyl (C=O) groups is 1. The van der Waals surface area contributed by atoms with Gasteiger partial charge in [-0.1, -0.05) is 12.2 Å². The molecule has 120 valence electrons. The van der Waals surface area contributed by atoms with Gasteiger partial charge in [0.05, 0.1) is 0 Å². The van der Waals surface area contributed by atoms with Crippen molar-refractivity contribution in [3.63, 3.8) is 0 Å². The third kappa shape index (κ3) is 2.44. The zero-order valence-corrected chi connectivity index (χ0v) is 13.6. The number of hydrogen-bond acceptors (Lipinski definition) is 3. The van der Waals surface area contributed by atoms with Gasteiger partial charge in [0.25, 0.3) is 5.91 Å². The van der Waals surface area contributed by atoms with Crippen LogP contribution in [0.4, 0.5) is 0 Å². The lowest BCUT2D eigenvalue weighted by Crippen LogP contribution is -2.41. The van der Waals surface area contributed by atoms with E-state index in [1.807, 2.05) is 21.7 Å². The van der Waals surface area contributed by atoms with Crippen molar-refractivity contribution >= 4 is 11.6 Å². The molecule has 5 nitrogen and oxygen atoms in total. The van der Waals surface area contributed by atoms with Crippen molar-refractivity contribution in [2.45, 2.75) is 32.7 Å². The van der Waals surface area contributed by atoms with Crippen molar-refractivity contribution in [3.8, 4) is 0 Å². The second-order valence-corrected chi connectivity index (χ2v) is 7.03. The van der Waals surface area contributed by atoms with Gasteiger partial charge in [-0.3, -0.25) is 4.79 Å². The van der Waals surface area contributed by atoms with Crippen LogP contribution in [0.2, 0.25) is 0 Å². The maximum atomic E-state index is 13.1. The summed E-state index contributed by atoms with van der Waals surface area (Å²) in [6, 6.07) is 0.155. The molecule has 5 heteroatoms. The van der Waals surface area contributed by atoms with Crippen LogP contribution in [0.5, 0.6) is 0 Å². The number of rotatable bonds is 4. The zero-order valence-electron chi connectivity index (χ0n) is 13.6. The quantitative estimate of drug-likeness (QED) is 0.816. The van der Waals surface area contributed by atoms with Crippen molar-refractivity contribution in [2.24, 2.45) is 17.8 Å². The Balaban J connectivity index is 1.61. The second-order valence-electron chi connectivity index (χ2n) is 7.03. The van der Waals surface area contributed by atoms with Gasteiger partial charge in [-0.2, -0.15) is 0 Å². The topological polar surface area (TPSA) is 50.5 Å². The number of allylic oxidation sites excluding steroid dienone is 2. The van der Waals surface area contributed by atoms with Crippen LogP contribution in [0, 0.1) is 17.8 Å². The normalized spacial score (nSPS) is 25.6. The Bertz CT molecular complexity index is 763. The van der Waals surface area contributed by atoms with Gasteiger partial charge >= 0.3 is 0 Å². The first-order chi connectivity index (χ1) is 11.1. The first-order valence-electron chi connectivity index (χ1n) is 8.40. The molecule has 0 saturated heterocycles. The monoisotopic (exact) mass is 310 g/mol. The number of carbonyl (C=O) groups excluding carboxylic acids is 1. The minimum atomic E-state index is -0.0106. The molecular weight excluding hydrogens is 288 g/mol. The Hall–Kier alpha value is -2.17. The van der Waals surface area contributed by atoms with E-state index in [2.05, 4.69) is 36.0 Å². The standard InChI is InChI=1S/C18H22N4O/c1-12(2)22(11-15-10-13-3-4-14(15)9-13)18(23)16-17-20-6-8-21(17)7-5-19-16/h3-8,12-15H,9-11H2,1-2H3/t13-,14-,15+/m1/s1. The fourth-order valence-electron chi connectivity index (χ4n) is 4.03. The van der Waals surface area contributed by atoms with Crippen molar-refractivity contribution in [1.29, 1.82) is 0 Å². The Morgan fingerprint density at radius 1 is 1.26 bits per heavy atom. The summed E-state index contributed by atoms with van der Waals surface area (Å²) in [4.78, 5) is 23.7. The Morgan fingerprint density at radius 2 is 2.04 bits per heavy atom. The van der Waals surface area contributed by atoms with E-state index < -0.39 is 0 Å². The number of fused-ring (bicyclic) bond motifs is 3. The summed E-state index contributed by atoms with van der Waals surface area (Å²) >= 11 is 0. The van der Waals surface area contributed by atoms with Gasteiger partial charge in [0.2, 0.25) is 0 Å². The molecule has 2 bridgehead atoms. The van der Waals surface area contributed by atoms with Crippen molar-refractivity contribution < 1.29 is 4.79 Å². The lowest BCUT2D eigenvalue weighted by Gasteiger charge is -2.31. The van der Waals surface area contributed by atoms with Crippen LogP contribution in [0.25, 0.3) is 5.65 Å². The highest BCUT2D eigenvalue weighted by Crippen LogP contribution is 2.43. The number of nitrogens with zero attached hydrogens (tertiary/aromatic N) is 4. The van der Waals surface area contributed by atoms with E-state index in [1.165, 1.54) is 12.8 Å². The zero-order chi connectivity index (χ0) is 16.0. The fraction of sp³-hybridized carbons (Fsp3) is 0.500. The molecule has 0 N–H and O–H groups in total. The van der Waals surface area contributed by atoms with Crippen LogP contribution in [-0.4, -0.2) is 37.8 Å². The average Bonchev–Trinajstić information content (AvgIpc) is 3.26. The summed E-state index contributed by atoms with van der Waals surface area (Å²) in [5.74, 6) is 1.94. The molecule has 2 aromatic heterocycles. The largest absolute Gasteiger partial charge is 0.334 e. The Labute approximate surface area is 136 Å². The molecule has 2 aliphatic carbocycles. The maximum Gasteiger partial charge on any atom is 0.276 e. The number of imidazole rings is 1. The summed E-state index contributed by atoms with van der Waals surface area (Å²) in [5.41, 5.74) is 1.08. The van der Waals surface area contributed by atoms with Crippen LogP contribution in [0.3, 0.4) is 0 Å². The van der Waals surface area contributed by atoms with Crippen molar-refractivity contribution in [3.05, 3.63) is 42.6 Å². The van der Waals surface area contributed by atoms with Gasteiger partial charge in [0.1, 0.15) is 0 Å².